The summed E-state index contributed by atoms with van der Waals surface area (Å²) >= 11 is 0. The molecule has 8 nitrogen and oxygen atoms in total. The molecule has 346 valence electrons. The van der Waals surface area contributed by atoms with Crippen LogP contribution in [0.15, 0.2) is 168 Å². The topological polar surface area (TPSA) is 102 Å². The molecule has 2 N–H and O–H groups in total. The minimum atomic E-state index is 0.158. The second-order valence-electron chi connectivity index (χ2n) is 18.1. The average molecular weight is 921 g/mol. The van der Waals surface area contributed by atoms with E-state index < -0.39 is 0 Å². The van der Waals surface area contributed by atoms with Crippen LogP contribution in [0.25, 0.3) is 64.6 Å². The number of aryl methyl sites for hydroxylation is 2. The lowest BCUT2D eigenvalue weighted by atomic mass is 9.92. The summed E-state index contributed by atoms with van der Waals surface area (Å²) in [5, 5.41) is 37.4. The molecule has 0 unspecified atom stereocenters. The van der Waals surface area contributed by atoms with Gasteiger partial charge in [-0.15, -0.1) is 0 Å². The number of rotatable bonds is 18. The van der Waals surface area contributed by atoms with Crippen molar-refractivity contribution in [3.05, 3.63) is 202 Å². The van der Waals surface area contributed by atoms with E-state index in [9.17, 15) is 10.2 Å². The van der Waals surface area contributed by atoms with E-state index in [1.807, 2.05) is 62.4 Å². The highest BCUT2D eigenvalue weighted by molar-refractivity contribution is 6.24. The van der Waals surface area contributed by atoms with Crippen molar-refractivity contribution in [3.63, 3.8) is 0 Å². The Morgan fingerprint density at radius 3 is 1.21 bits per heavy atom. The number of phenols is 2. The van der Waals surface area contributed by atoms with E-state index in [1.54, 1.807) is 12.4 Å². The standard InChI is InChI=1S/C62H52N2O6/c1-39-29-49(35-63-33-47-19-17-45-15-13-41-7-5-9-43-21-23-53(47)59(45)57(41)43)61(65)51(31-39)37-67-25-27-69-55-11-3-4-12-56(55)70-28-26-68-38-52-32-40(2)30-50(62(52)66)36-64-34-48-20-18-46-16-14-42-8-6-10-44-22-24-54(48)60(46)58(42)44/h3-24,29-32,35-36,65-66H,25-28,33-34,37-38H2,1-2H3. The molecule has 0 aliphatic carbocycles. The number of aliphatic imine (C=N–C) groups is 2. The van der Waals surface area contributed by atoms with Crippen LogP contribution in [0.4, 0.5) is 0 Å². The van der Waals surface area contributed by atoms with Crippen molar-refractivity contribution in [3.8, 4) is 23.0 Å². The Balaban J connectivity index is 0.650. The van der Waals surface area contributed by atoms with Crippen LogP contribution in [0.2, 0.25) is 0 Å². The summed E-state index contributed by atoms with van der Waals surface area (Å²) in [6, 6.07) is 54.3. The zero-order chi connectivity index (χ0) is 47.6. The third-order valence-corrected chi connectivity index (χ3v) is 13.3. The molecule has 0 fully saturated rings. The zero-order valence-corrected chi connectivity index (χ0v) is 39.2. The second-order valence-corrected chi connectivity index (χ2v) is 18.1. The van der Waals surface area contributed by atoms with Crippen LogP contribution in [0.1, 0.15) is 44.5 Å². The molecule has 11 aromatic carbocycles. The molecule has 11 rings (SSSR count). The van der Waals surface area contributed by atoms with Gasteiger partial charge >= 0.3 is 0 Å². The molecule has 11 aromatic rings. The highest BCUT2D eigenvalue weighted by Crippen LogP contribution is 2.38. The van der Waals surface area contributed by atoms with Crippen LogP contribution < -0.4 is 9.47 Å². The third-order valence-electron chi connectivity index (χ3n) is 13.3. The molecular weight excluding hydrogens is 869 g/mol. The predicted octanol–water partition coefficient (Wildman–Crippen LogP) is 13.9. The van der Waals surface area contributed by atoms with Gasteiger partial charge in [0, 0.05) is 34.7 Å². The minimum Gasteiger partial charge on any atom is -0.507 e. The Labute approximate surface area is 406 Å². The maximum Gasteiger partial charge on any atom is 0.161 e. The van der Waals surface area contributed by atoms with Gasteiger partial charge in [0.05, 0.1) is 39.5 Å². The lowest BCUT2D eigenvalue weighted by Crippen LogP contribution is -2.10. The number of benzene rings is 11. The van der Waals surface area contributed by atoms with Crippen LogP contribution in [0.5, 0.6) is 23.0 Å². The largest absolute Gasteiger partial charge is 0.507 e. The quantitative estimate of drug-likeness (QED) is 0.0505. The number of ether oxygens (including phenoxy) is 4. The van der Waals surface area contributed by atoms with Gasteiger partial charge < -0.3 is 29.2 Å². The Morgan fingerprint density at radius 1 is 0.400 bits per heavy atom. The molecule has 0 amide bonds. The monoisotopic (exact) mass is 920 g/mol. The van der Waals surface area contributed by atoms with E-state index >= 15 is 0 Å². The lowest BCUT2D eigenvalue weighted by molar-refractivity contribution is 0.0794. The fourth-order valence-electron chi connectivity index (χ4n) is 10.0. The molecular formula is C62H52N2O6. The van der Waals surface area contributed by atoms with Crippen molar-refractivity contribution in [1.82, 2.24) is 0 Å². The lowest BCUT2D eigenvalue weighted by Gasteiger charge is -2.14. The highest BCUT2D eigenvalue weighted by Gasteiger charge is 2.15. The molecule has 0 spiro atoms. The van der Waals surface area contributed by atoms with Gasteiger partial charge in [0.1, 0.15) is 24.7 Å². The van der Waals surface area contributed by atoms with Gasteiger partial charge in [0.25, 0.3) is 0 Å². The summed E-state index contributed by atoms with van der Waals surface area (Å²) < 4.78 is 24.1. The van der Waals surface area contributed by atoms with E-state index in [2.05, 4.69) is 109 Å². The molecule has 0 aromatic heterocycles. The number of para-hydroxylation sites is 2. The van der Waals surface area contributed by atoms with Gasteiger partial charge in [-0.3, -0.25) is 9.98 Å². The van der Waals surface area contributed by atoms with E-state index in [0.29, 0.717) is 60.1 Å². The first-order valence-corrected chi connectivity index (χ1v) is 23.8. The van der Waals surface area contributed by atoms with Crippen LogP contribution >= 0.6 is 0 Å². The number of nitrogens with zero attached hydrogens (tertiary/aromatic N) is 2. The van der Waals surface area contributed by atoms with Crippen molar-refractivity contribution in [1.29, 1.82) is 0 Å². The van der Waals surface area contributed by atoms with E-state index in [1.165, 1.54) is 64.6 Å². The molecule has 0 aliphatic heterocycles. The Bertz CT molecular complexity index is 3470. The number of phenolic OH excluding ortho intramolecular Hbond substituents is 2. The van der Waals surface area contributed by atoms with Crippen molar-refractivity contribution in [2.75, 3.05) is 26.4 Å². The molecule has 70 heavy (non-hydrogen) atoms. The first-order chi connectivity index (χ1) is 34.4. The summed E-state index contributed by atoms with van der Waals surface area (Å²) in [5.41, 5.74) is 6.97. The van der Waals surface area contributed by atoms with Gasteiger partial charge in [-0.2, -0.15) is 0 Å². The molecule has 0 heterocycles. The van der Waals surface area contributed by atoms with Crippen molar-refractivity contribution >= 4 is 77.1 Å². The summed E-state index contributed by atoms with van der Waals surface area (Å²) in [6.45, 7) is 6.59. The number of hydrogen-bond donors (Lipinski definition) is 2. The fraction of sp³-hybridized carbons (Fsp3) is 0.161. The smallest absolute Gasteiger partial charge is 0.161 e. The molecule has 8 heteroatoms. The fourth-order valence-corrected chi connectivity index (χ4v) is 10.0. The van der Waals surface area contributed by atoms with Crippen molar-refractivity contribution in [2.45, 2.75) is 40.2 Å². The summed E-state index contributed by atoms with van der Waals surface area (Å²) in [6.07, 6.45) is 3.51. The maximum absolute atomic E-state index is 11.2. The molecule has 0 saturated heterocycles. The summed E-state index contributed by atoms with van der Waals surface area (Å²) in [7, 11) is 0. The molecule has 0 radical (unpaired) electrons. The molecule has 0 saturated carbocycles. The molecule has 0 atom stereocenters. The molecule has 0 bridgehead atoms. The minimum absolute atomic E-state index is 0.158. The van der Waals surface area contributed by atoms with Gasteiger partial charge in [-0.25, -0.2) is 0 Å². The van der Waals surface area contributed by atoms with Gasteiger partial charge in [0.2, 0.25) is 0 Å². The zero-order valence-electron chi connectivity index (χ0n) is 39.2. The molecule has 0 aliphatic rings. The number of aromatic hydroxyl groups is 2. The van der Waals surface area contributed by atoms with E-state index in [-0.39, 0.29) is 37.9 Å². The highest BCUT2D eigenvalue weighted by atomic mass is 16.6. The van der Waals surface area contributed by atoms with Crippen molar-refractivity contribution in [2.24, 2.45) is 9.98 Å². The summed E-state index contributed by atoms with van der Waals surface area (Å²) in [4.78, 5) is 9.59. The Morgan fingerprint density at radius 2 is 0.786 bits per heavy atom. The van der Waals surface area contributed by atoms with Gasteiger partial charge in [-0.1, -0.05) is 133 Å². The van der Waals surface area contributed by atoms with Gasteiger partial charge in [-0.05, 0) is 125 Å². The van der Waals surface area contributed by atoms with Gasteiger partial charge in [0.15, 0.2) is 11.5 Å². The maximum atomic E-state index is 11.2. The van der Waals surface area contributed by atoms with Crippen LogP contribution in [0.3, 0.4) is 0 Å². The van der Waals surface area contributed by atoms with Crippen molar-refractivity contribution < 1.29 is 29.2 Å². The predicted molar refractivity (Wildman–Crippen MR) is 285 cm³/mol. The third kappa shape index (κ3) is 8.91. The first-order valence-electron chi connectivity index (χ1n) is 23.8. The first kappa shape index (κ1) is 44.5. The Hall–Kier alpha value is -8.04. The van der Waals surface area contributed by atoms with Crippen LogP contribution in [0, 0.1) is 13.8 Å². The van der Waals surface area contributed by atoms with Crippen LogP contribution in [-0.2, 0) is 35.8 Å². The summed E-state index contributed by atoms with van der Waals surface area (Å²) in [5.74, 6) is 1.50. The SMILES string of the molecule is Cc1cc(C=NCc2ccc3ccc4cccc5ccc2c3c45)c(O)c(COCCOc2ccccc2OCCOCc2cc(C)cc(C=NCc3ccc4ccc5cccc6ccc3c4c56)c2O)c1. The average Bonchev–Trinajstić information content (AvgIpc) is 3.38. The van der Waals surface area contributed by atoms with Crippen LogP contribution in [-0.4, -0.2) is 49.1 Å². The normalized spacial score (nSPS) is 12.1. The number of hydrogen-bond acceptors (Lipinski definition) is 8. The van der Waals surface area contributed by atoms with E-state index in [0.717, 1.165) is 22.3 Å². The van der Waals surface area contributed by atoms with E-state index in [4.69, 9.17) is 28.9 Å². The Kier molecular flexibility index (Phi) is 12.4. The second kappa shape index (κ2) is 19.5.